The number of morpholine rings is 1. The van der Waals surface area contributed by atoms with Gasteiger partial charge in [-0.15, -0.1) is 0 Å². The van der Waals surface area contributed by atoms with Gasteiger partial charge in [0, 0.05) is 56.1 Å². The molecule has 2 aliphatic rings. The van der Waals surface area contributed by atoms with E-state index in [1.165, 1.54) is 24.3 Å². The number of amides is 1. The molecule has 1 amide bonds. The minimum absolute atomic E-state index is 0.184. The number of carbonyl (C=O) groups is 1. The Balaban J connectivity index is 1.35. The molecule has 3 aromatic heterocycles. The van der Waals surface area contributed by atoms with Crippen molar-refractivity contribution in [1.82, 2.24) is 24.6 Å². The third-order valence-corrected chi connectivity index (χ3v) is 7.67. The van der Waals surface area contributed by atoms with Gasteiger partial charge in [0.25, 0.3) is 0 Å². The van der Waals surface area contributed by atoms with Gasteiger partial charge in [0.1, 0.15) is 18.0 Å². The third-order valence-electron chi connectivity index (χ3n) is 6.65. The van der Waals surface area contributed by atoms with Crippen LogP contribution in [0.25, 0.3) is 27.5 Å². The summed E-state index contributed by atoms with van der Waals surface area (Å²) in [5.41, 5.74) is 4.61. The van der Waals surface area contributed by atoms with Crippen LogP contribution in [0.1, 0.15) is 18.2 Å². The first-order chi connectivity index (χ1) is 18.6. The Hall–Kier alpha value is -3.67. The van der Waals surface area contributed by atoms with Gasteiger partial charge in [-0.3, -0.25) is 14.7 Å². The van der Waals surface area contributed by atoms with E-state index in [1.807, 2.05) is 12.1 Å². The molecule has 1 aliphatic carbocycles. The Morgan fingerprint density at radius 1 is 1.24 bits per heavy atom. The maximum Gasteiger partial charge on any atom is 0.223 e. The summed E-state index contributed by atoms with van der Waals surface area (Å²) in [6.45, 7) is 5.90. The molecule has 0 bridgehead atoms. The highest BCUT2D eigenvalue weighted by Crippen LogP contribution is 2.44. The lowest BCUT2D eigenvalue weighted by Crippen LogP contribution is -2.38. The number of anilines is 1. The van der Waals surface area contributed by atoms with Crippen LogP contribution in [0.4, 0.5) is 9.52 Å². The summed E-state index contributed by atoms with van der Waals surface area (Å²) in [4.78, 5) is 23.7. The third kappa shape index (κ3) is 4.92. The van der Waals surface area contributed by atoms with Gasteiger partial charge in [-0.2, -0.15) is 5.10 Å². The second-order valence-corrected chi connectivity index (χ2v) is 10.2. The Labute approximate surface area is 223 Å². The van der Waals surface area contributed by atoms with Gasteiger partial charge in [-0.25, -0.2) is 14.1 Å². The van der Waals surface area contributed by atoms with Crippen molar-refractivity contribution in [2.24, 2.45) is 0 Å². The molecular formula is C27H27FN6O3S. The largest absolute Gasteiger partial charge is 0.492 e. The van der Waals surface area contributed by atoms with E-state index in [1.54, 1.807) is 29.2 Å². The number of hydrogen-bond acceptors (Lipinski definition) is 8. The van der Waals surface area contributed by atoms with Crippen molar-refractivity contribution < 1.29 is 18.7 Å². The lowest BCUT2D eigenvalue weighted by Gasteiger charge is -2.26. The van der Waals surface area contributed by atoms with Gasteiger partial charge < -0.3 is 14.8 Å². The highest BCUT2D eigenvalue weighted by Gasteiger charge is 2.30. The zero-order valence-electron chi connectivity index (χ0n) is 20.9. The number of ether oxygens (including phenoxy) is 2. The number of pyridine rings is 1. The molecule has 1 saturated heterocycles. The van der Waals surface area contributed by atoms with Crippen molar-refractivity contribution in [2.45, 2.75) is 19.8 Å². The number of halogens is 1. The first kappa shape index (κ1) is 24.7. The topological polar surface area (TPSA) is 94.4 Å². The summed E-state index contributed by atoms with van der Waals surface area (Å²) >= 11 is 1.38. The molecule has 1 fully saturated rings. The molecule has 11 heteroatoms. The van der Waals surface area contributed by atoms with Crippen molar-refractivity contribution >= 4 is 22.4 Å². The van der Waals surface area contributed by atoms with Crippen LogP contribution in [-0.4, -0.2) is 70.0 Å². The smallest absolute Gasteiger partial charge is 0.223 e. The molecule has 4 aromatic rings. The van der Waals surface area contributed by atoms with Crippen molar-refractivity contribution in [3.05, 3.63) is 59.8 Å². The van der Waals surface area contributed by atoms with Gasteiger partial charge in [0.05, 0.1) is 35.2 Å². The van der Waals surface area contributed by atoms with Crippen LogP contribution in [0.15, 0.2) is 42.7 Å². The number of nitrogens with zero attached hydrogens (tertiary/aromatic N) is 5. The van der Waals surface area contributed by atoms with Crippen molar-refractivity contribution in [3.8, 4) is 33.3 Å². The van der Waals surface area contributed by atoms with E-state index in [2.05, 4.69) is 20.2 Å². The van der Waals surface area contributed by atoms with Crippen LogP contribution in [0, 0.1) is 5.82 Å². The molecule has 1 N–H and O–H groups in total. The fraction of sp³-hybridized carbons (Fsp3) is 0.333. The highest BCUT2D eigenvalue weighted by atomic mass is 32.1. The van der Waals surface area contributed by atoms with E-state index in [0.717, 1.165) is 65.9 Å². The van der Waals surface area contributed by atoms with Crippen LogP contribution in [0.3, 0.4) is 0 Å². The maximum atomic E-state index is 15.6. The van der Waals surface area contributed by atoms with E-state index in [-0.39, 0.29) is 5.91 Å². The lowest BCUT2D eigenvalue weighted by molar-refractivity contribution is -0.114. The minimum Gasteiger partial charge on any atom is -0.492 e. The fourth-order valence-electron chi connectivity index (χ4n) is 4.85. The second-order valence-electron chi connectivity index (χ2n) is 9.22. The van der Waals surface area contributed by atoms with Crippen molar-refractivity contribution in [3.63, 3.8) is 0 Å². The molecule has 0 radical (unpaired) electrons. The molecule has 9 nitrogen and oxygen atoms in total. The molecular weight excluding hydrogens is 507 g/mol. The van der Waals surface area contributed by atoms with Gasteiger partial charge in [0.15, 0.2) is 10.9 Å². The quantitative estimate of drug-likeness (QED) is 0.384. The SMILES string of the molecule is CC(=O)Nc1nc2c(s1)-c1c(c(-c3cccnc3)nn1-c1ccc(OCCN3CCOCC3)cc1F)CC2. The molecule has 1 aliphatic heterocycles. The van der Waals surface area contributed by atoms with Gasteiger partial charge in [-0.05, 0) is 37.1 Å². The number of aromatic nitrogens is 4. The molecule has 0 spiro atoms. The first-order valence-electron chi connectivity index (χ1n) is 12.6. The van der Waals surface area contributed by atoms with E-state index in [4.69, 9.17) is 14.6 Å². The molecule has 1 aromatic carbocycles. The number of aryl methyl sites for hydroxylation is 1. The molecule has 6 rings (SSSR count). The number of fused-ring (bicyclic) bond motifs is 3. The van der Waals surface area contributed by atoms with Crippen LogP contribution in [0.5, 0.6) is 5.75 Å². The van der Waals surface area contributed by atoms with Gasteiger partial charge >= 0.3 is 0 Å². The lowest BCUT2D eigenvalue weighted by atomic mass is 9.95. The minimum atomic E-state index is -0.435. The Kier molecular flexibility index (Phi) is 6.88. The Bertz CT molecular complexity index is 1470. The van der Waals surface area contributed by atoms with Gasteiger partial charge in [0.2, 0.25) is 5.91 Å². The van der Waals surface area contributed by atoms with Gasteiger partial charge in [-0.1, -0.05) is 11.3 Å². The zero-order chi connectivity index (χ0) is 26.1. The summed E-state index contributed by atoms with van der Waals surface area (Å²) in [6, 6.07) is 8.69. The summed E-state index contributed by atoms with van der Waals surface area (Å²) in [5, 5.41) is 8.19. The van der Waals surface area contributed by atoms with Crippen LogP contribution < -0.4 is 10.1 Å². The average Bonchev–Trinajstić information content (AvgIpc) is 3.50. The Morgan fingerprint density at radius 3 is 2.87 bits per heavy atom. The predicted molar refractivity (Wildman–Crippen MR) is 142 cm³/mol. The number of hydrogen-bond donors (Lipinski definition) is 1. The van der Waals surface area contributed by atoms with E-state index in [9.17, 15) is 4.79 Å². The normalized spacial score (nSPS) is 15.1. The summed E-state index contributed by atoms with van der Waals surface area (Å²) in [7, 11) is 0. The molecule has 4 heterocycles. The number of carbonyl (C=O) groups excluding carboxylic acids is 1. The maximum absolute atomic E-state index is 15.6. The molecule has 0 unspecified atom stereocenters. The number of thiazole rings is 1. The average molecular weight is 535 g/mol. The van der Waals surface area contributed by atoms with E-state index >= 15 is 4.39 Å². The second kappa shape index (κ2) is 10.6. The van der Waals surface area contributed by atoms with E-state index < -0.39 is 5.82 Å². The zero-order valence-corrected chi connectivity index (χ0v) is 21.8. The summed E-state index contributed by atoms with van der Waals surface area (Å²) < 4.78 is 28.5. The number of nitrogens with one attached hydrogen (secondary N) is 1. The fourth-order valence-corrected chi connectivity index (χ4v) is 5.97. The van der Waals surface area contributed by atoms with Crippen LogP contribution in [0.2, 0.25) is 0 Å². The monoisotopic (exact) mass is 534 g/mol. The summed E-state index contributed by atoms with van der Waals surface area (Å²) in [5.74, 6) is -0.147. The summed E-state index contributed by atoms with van der Waals surface area (Å²) in [6.07, 6.45) is 4.88. The molecule has 38 heavy (non-hydrogen) atoms. The first-order valence-corrected chi connectivity index (χ1v) is 13.4. The number of rotatable bonds is 7. The highest BCUT2D eigenvalue weighted by molar-refractivity contribution is 7.19. The number of benzene rings is 1. The van der Waals surface area contributed by atoms with Crippen LogP contribution in [-0.2, 0) is 22.4 Å². The van der Waals surface area contributed by atoms with E-state index in [0.29, 0.717) is 36.0 Å². The predicted octanol–water partition coefficient (Wildman–Crippen LogP) is 3.96. The molecule has 196 valence electrons. The standard InChI is InChI=1S/C27H27FN6O3S/c1-17(35)30-27-31-22-6-5-20-24(18-3-2-8-29-16-18)32-34(25(20)26(22)38-27)23-7-4-19(15-21(23)28)37-14-11-33-9-12-36-13-10-33/h2-4,7-8,15-16H,5-6,9-14H2,1H3,(H,30,31,35). The van der Waals surface area contributed by atoms with Crippen molar-refractivity contribution in [2.75, 3.05) is 44.8 Å². The molecule has 0 atom stereocenters. The van der Waals surface area contributed by atoms with Crippen LogP contribution >= 0.6 is 11.3 Å². The van der Waals surface area contributed by atoms with Crippen molar-refractivity contribution in [1.29, 1.82) is 0 Å². The Morgan fingerprint density at radius 2 is 2.11 bits per heavy atom. The molecule has 0 saturated carbocycles.